The molecule has 24 heavy (non-hydrogen) atoms. The van der Waals surface area contributed by atoms with E-state index in [0.29, 0.717) is 4.90 Å². The third-order valence-corrected chi connectivity index (χ3v) is 3.38. The van der Waals surface area contributed by atoms with Crippen LogP contribution in [0.15, 0.2) is 0 Å². The normalized spacial score (nSPS) is 24.3. The van der Waals surface area contributed by atoms with Crippen molar-refractivity contribution in [2.75, 3.05) is 13.1 Å². The minimum Gasteiger partial charge on any atom is -0.426 e. The number of carbonyl (C=O) groups is 1. The SMILES string of the molecule is [B]C1CN(C(=O)OC(C(F)(F)F)C(F)(F)F)CC([B])N1C(C)(C)C. The summed E-state index contributed by atoms with van der Waals surface area (Å²) in [6, 6.07) is 0. The van der Waals surface area contributed by atoms with Gasteiger partial charge in [0, 0.05) is 18.6 Å². The third kappa shape index (κ3) is 4.97. The van der Waals surface area contributed by atoms with E-state index in [9.17, 15) is 31.1 Å². The van der Waals surface area contributed by atoms with Crippen LogP contribution >= 0.6 is 0 Å². The van der Waals surface area contributed by atoms with E-state index in [1.165, 1.54) is 0 Å². The molecule has 0 aliphatic carbocycles. The van der Waals surface area contributed by atoms with Crippen LogP contribution in [0, 0.1) is 0 Å². The molecule has 2 unspecified atom stereocenters. The van der Waals surface area contributed by atoms with Crippen LogP contribution in [0.1, 0.15) is 20.8 Å². The maximum Gasteiger partial charge on any atom is 0.434 e. The molecule has 1 aliphatic heterocycles. The van der Waals surface area contributed by atoms with Crippen molar-refractivity contribution < 1.29 is 35.9 Å². The molecule has 0 N–H and O–H groups in total. The summed E-state index contributed by atoms with van der Waals surface area (Å²) in [4.78, 5) is 14.0. The van der Waals surface area contributed by atoms with Crippen LogP contribution in [0.3, 0.4) is 0 Å². The van der Waals surface area contributed by atoms with Gasteiger partial charge in [-0.2, -0.15) is 26.3 Å². The zero-order valence-corrected chi connectivity index (χ0v) is 13.3. The summed E-state index contributed by atoms with van der Waals surface area (Å²) in [6.45, 7) is 4.72. The van der Waals surface area contributed by atoms with Crippen LogP contribution in [-0.4, -0.2) is 80.6 Å². The fourth-order valence-electron chi connectivity index (χ4n) is 2.59. The molecule has 0 bridgehead atoms. The van der Waals surface area contributed by atoms with Gasteiger partial charge in [-0.3, -0.25) is 0 Å². The molecule has 0 spiro atoms. The molecule has 1 rings (SSSR count). The average Bonchev–Trinajstić information content (AvgIpc) is 2.29. The summed E-state index contributed by atoms with van der Waals surface area (Å²) in [5, 5.41) is 0. The molecule has 12 heteroatoms. The predicted octanol–water partition coefficient (Wildman–Crippen LogP) is 2.02. The molecule has 1 saturated heterocycles. The highest BCUT2D eigenvalue weighted by Crippen LogP contribution is 2.36. The molecule has 0 saturated carbocycles. The lowest BCUT2D eigenvalue weighted by atomic mass is 9.79. The molecule has 134 valence electrons. The van der Waals surface area contributed by atoms with Crippen LogP contribution in [-0.2, 0) is 4.74 Å². The van der Waals surface area contributed by atoms with E-state index in [-0.39, 0.29) is 13.1 Å². The Bertz CT molecular complexity index is 440. The van der Waals surface area contributed by atoms with Gasteiger partial charge in [0.1, 0.15) is 0 Å². The van der Waals surface area contributed by atoms with Crippen molar-refractivity contribution in [3.05, 3.63) is 0 Å². The van der Waals surface area contributed by atoms with Crippen molar-refractivity contribution in [1.82, 2.24) is 9.80 Å². The van der Waals surface area contributed by atoms with Gasteiger partial charge in [-0.25, -0.2) is 4.79 Å². The van der Waals surface area contributed by atoms with E-state index in [2.05, 4.69) is 4.74 Å². The Morgan fingerprint density at radius 3 is 1.67 bits per heavy atom. The first-order chi connectivity index (χ1) is 10.5. The standard InChI is InChI=1S/C12H16B2F6N2O2/c1-10(2,3)22-6(13)4-21(5-7(22)14)9(23)24-8(11(15,16)17)12(18,19)20/h6-8H,4-5H2,1-3H3. The number of alkyl halides is 6. The number of rotatable bonds is 1. The zero-order valence-electron chi connectivity index (χ0n) is 13.3. The van der Waals surface area contributed by atoms with Gasteiger partial charge in [-0.1, -0.05) is 0 Å². The molecule has 0 aromatic carbocycles. The summed E-state index contributed by atoms with van der Waals surface area (Å²) in [5.74, 6) is -1.73. The van der Waals surface area contributed by atoms with Crippen molar-refractivity contribution in [2.45, 2.75) is 56.6 Å². The summed E-state index contributed by atoms with van der Waals surface area (Å²) in [6.07, 6.45) is -17.5. The molecule has 0 aromatic rings. The van der Waals surface area contributed by atoms with Crippen LogP contribution < -0.4 is 0 Å². The lowest BCUT2D eigenvalue weighted by Gasteiger charge is -2.51. The average molecular weight is 356 g/mol. The van der Waals surface area contributed by atoms with Crippen LogP contribution in [0.4, 0.5) is 31.1 Å². The highest BCUT2D eigenvalue weighted by atomic mass is 19.4. The Labute approximate surface area is 138 Å². The van der Waals surface area contributed by atoms with E-state index in [1.54, 1.807) is 25.7 Å². The van der Waals surface area contributed by atoms with Crippen molar-refractivity contribution in [3.8, 4) is 0 Å². The first-order valence-corrected chi connectivity index (χ1v) is 6.93. The van der Waals surface area contributed by atoms with Crippen LogP contribution in [0.5, 0.6) is 0 Å². The van der Waals surface area contributed by atoms with Crippen LogP contribution in [0.2, 0.25) is 0 Å². The molecule has 2 atom stereocenters. The predicted molar refractivity (Wildman–Crippen MR) is 74.6 cm³/mol. The monoisotopic (exact) mass is 356 g/mol. The highest BCUT2D eigenvalue weighted by molar-refractivity contribution is 6.15. The smallest absolute Gasteiger partial charge is 0.426 e. The quantitative estimate of drug-likeness (QED) is 0.533. The van der Waals surface area contributed by atoms with E-state index in [4.69, 9.17) is 15.7 Å². The second kappa shape index (κ2) is 6.68. The first-order valence-electron chi connectivity index (χ1n) is 6.93. The molecule has 1 fully saturated rings. The first kappa shape index (κ1) is 21.0. The highest BCUT2D eigenvalue weighted by Gasteiger charge is 2.60. The Balaban J connectivity index is 2.87. The minimum atomic E-state index is -5.77. The van der Waals surface area contributed by atoms with Crippen molar-refractivity contribution in [2.24, 2.45) is 0 Å². The lowest BCUT2D eigenvalue weighted by molar-refractivity contribution is -0.308. The number of halogens is 6. The maximum absolute atomic E-state index is 12.4. The Morgan fingerprint density at radius 1 is 1.00 bits per heavy atom. The Hall–Kier alpha value is -1.06. The van der Waals surface area contributed by atoms with Crippen molar-refractivity contribution >= 4 is 21.8 Å². The number of carbonyl (C=O) groups excluding carboxylic acids is 1. The summed E-state index contributed by atoms with van der Waals surface area (Å²) >= 11 is 0. The summed E-state index contributed by atoms with van der Waals surface area (Å²) < 4.78 is 78.3. The number of piperazine rings is 1. The van der Waals surface area contributed by atoms with Crippen LogP contribution in [0.25, 0.3) is 0 Å². The molecule has 0 aromatic heterocycles. The Kier molecular flexibility index (Phi) is 5.84. The zero-order chi connectivity index (χ0) is 19.1. The van der Waals surface area contributed by atoms with E-state index in [0.717, 1.165) is 0 Å². The third-order valence-electron chi connectivity index (χ3n) is 3.38. The largest absolute Gasteiger partial charge is 0.434 e. The fourth-order valence-corrected chi connectivity index (χ4v) is 2.59. The van der Waals surface area contributed by atoms with Gasteiger partial charge in [0.2, 0.25) is 0 Å². The topological polar surface area (TPSA) is 32.8 Å². The van der Waals surface area contributed by atoms with E-state index >= 15 is 0 Å². The number of hydrogen-bond donors (Lipinski definition) is 0. The molecular weight excluding hydrogens is 340 g/mol. The van der Waals surface area contributed by atoms with Crippen molar-refractivity contribution in [3.63, 3.8) is 0 Å². The van der Waals surface area contributed by atoms with Gasteiger partial charge in [-0.15, -0.1) is 0 Å². The second-order valence-electron chi connectivity index (χ2n) is 6.46. The molecule has 1 aliphatic rings. The van der Waals surface area contributed by atoms with Gasteiger partial charge >= 0.3 is 18.4 Å². The second-order valence-corrected chi connectivity index (χ2v) is 6.46. The number of hydrogen-bond acceptors (Lipinski definition) is 3. The van der Waals surface area contributed by atoms with Gasteiger partial charge in [0.25, 0.3) is 6.10 Å². The minimum absolute atomic E-state index is 0.313. The van der Waals surface area contributed by atoms with Gasteiger partial charge in [0.05, 0.1) is 15.7 Å². The molecule has 4 nitrogen and oxygen atoms in total. The fraction of sp³-hybridized carbons (Fsp3) is 0.917. The van der Waals surface area contributed by atoms with Gasteiger partial charge < -0.3 is 14.5 Å². The number of ether oxygens (including phenoxy) is 1. The molecule has 1 amide bonds. The summed E-state index contributed by atoms with van der Waals surface area (Å²) in [7, 11) is 11.7. The summed E-state index contributed by atoms with van der Waals surface area (Å²) in [5.41, 5.74) is -0.505. The number of nitrogens with zero attached hydrogens (tertiary/aromatic N) is 2. The van der Waals surface area contributed by atoms with Crippen molar-refractivity contribution in [1.29, 1.82) is 0 Å². The Morgan fingerprint density at radius 2 is 1.38 bits per heavy atom. The van der Waals surface area contributed by atoms with Gasteiger partial charge in [-0.05, 0) is 32.7 Å². The van der Waals surface area contributed by atoms with E-state index < -0.39 is 42.0 Å². The van der Waals surface area contributed by atoms with Gasteiger partial charge in [0.15, 0.2) is 0 Å². The lowest BCUT2D eigenvalue weighted by Crippen LogP contribution is -2.66. The van der Waals surface area contributed by atoms with E-state index in [1.807, 2.05) is 0 Å². The molecule has 1 heterocycles. The molecule has 4 radical (unpaired) electrons. The molecular formula is C12H16B2F6N2O2. The number of amides is 1. The maximum atomic E-state index is 12.4.